The number of aliphatic hydroxyl groups is 2. The largest absolute Gasteiger partial charge is 0.463 e. The molecule has 0 saturated carbocycles. The van der Waals surface area contributed by atoms with Crippen molar-refractivity contribution in [1.29, 1.82) is 0 Å². The Morgan fingerprint density at radius 3 is 1.42 bits per heavy atom. The first-order valence-corrected chi connectivity index (χ1v) is 12.1. The van der Waals surface area contributed by atoms with Gasteiger partial charge in [0.2, 0.25) is 0 Å². The van der Waals surface area contributed by atoms with E-state index in [0.29, 0.717) is 12.8 Å². The summed E-state index contributed by atoms with van der Waals surface area (Å²) in [5.74, 6) is -1.17. The molecule has 0 spiro atoms. The Bertz CT molecular complexity index is 1220. The maximum Gasteiger partial charge on any atom is 0.306 e. The van der Waals surface area contributed by atoms with Gasteiger partial charge in [0, 0.05) is 12.8 Å². The monoisotopic (exact) mass is 486 g/mol. The van der Waals surface area contributed by atoms with Crippen LogP contribution in [-0.4, -0.2) is 47.6 Å². The van der Waals surface area contributed by atoms with Crippen LogP contribution in [0, 0.1) is 0 Å². The predicted molar refractivity (Wildman–Crippen MR) is 138 cm³/mol. The summed E-state index contributed by atoms with van der Waals surface area (Å²) in [6.07, 6.45) is -1.30. The Kier molecular flexibility index (Phi) is 8.66. The van der Waals surface area contributed by atoms with Gasteiger partial charge in [-0.25, -0.2) is 0 Å². The first kappa shape index (κ1) is 25.4. The van der Waals surface area contributed by atoms with Gasteiger partial charge in [-0.3, -0.25) is 9.59 Å². The fraction of sp³-hybridized carbons (Fsp3) is 0.267. The van der Waals surface area contributed by atoms with Crippen molar-refractivity contribution >= 4 is 33.5 Å². The molecule has 0 radical (unpaired) electrons. The molecule has 0 heterocycles. The molecular formula is C30H30O6. The van der Waals surface area contributed by atoms with Crippen LogP contribution in [0.25, 0.3) is 21.5 Å². The third-order valence-corrected chi connectivity index (χ3v) is 6.08. The Balaban J connectivity index is 1.15. The molecule has 0 unspecified atom stereocenters. The second-order valence-corrected chi connectivity index (χ2v) is 8.86. The van der Waals surface area contributed by atoms with Crippen molar-refractivity contribution < 1.29 is 29.3 Å². The molecule has 4 aromatic carbocycles. The van der Waals surface area contributed by atoms with Gasteiger partial charge in [0.1, 0.15) is 13.2 Å². The molecule has 0 aliphatic rings. The van der Waals surface area contributed by atoms with Crippen LogP contribution in [0.3, 0.4) is 0 Å². The molecular weight excluding hydrogens is 456 g/mol. The number of aliphatic hydroxyl groups excluding tert-OH is 2. The van der Waals surface area contributed by atoms with Crippen LogP contribution in [0.5, 0.6) is 0 Å². The van der Waals surface area contributed by atoms with Crippen LogP contribution in [0.15, 0.2) is 84.9 Å². The zero-order chi connectivity index (χ0) is 25.3. The van der Waals surface area contributed by atoms with Crippen molar-refractivity contribution in [2.75, 3.05) is 13.2 Å². The zero-order valence-electron chi connectivity index (χ0n) is 20.0. The Morgan fingerprint density at radius 2 is 0.972 bits per heavy atom. The SMILES string of the molecule is O=C(CCC(=O)OC[C@@H](O)Cc1cccc2ccccc12)OC[C@@H](O)Cc1cccc2ccccc12. The van der Waals surface area contributed by atoms with Gasteiger partial charge in [-0.15, -0.1) is 0 Å². The number of carbonyl (C=O) groups excluding carboxylic acids is 2. The van der Waals surface area contributed by atoms with Crippen LogP contribution in [0.4, 0.5) is 0 Å². The van der Waals surface area contributed by atoms with Gasteiger partial charge in [-0.05, 0) is 32.7 Å². The summed E-state index contributed by atoms with van der Waals surface area (Å²) < 4.78 is 10.3. The molecule has 2 N–H and O–H groups in total. The molecule has 6 nitrogen and oxygen atoms in total. The molecule has 2 atom stereocenters. The number of ether oxygens (including phenoxy) is 2. The molecule has 4 rings (SSSR count). The second kappa shape index (κ2) is 12.3. The van der Waals surface area contributed by atoms with Gasteiger partial charge >= 0.3 is 11.9 Å². The minimum absolute atomic E-state index is 0.152. The fourth-order valence-electron chi connectivity index (χ4n) is 4.29. The highest BCUT2D eigenvalue weighted by Gasteiger charge is 2.15. The van der Waals surface area contributed by atoms with E-state index in [0.717, 1.165) is 32.7 Å². The summed E-state index contributed by atoms with van der Waals surface area (Å²) >= 11 is 0. The summed E-state index contributed by atoms with van der Waals surface area (Å²) in [5.41, 5.74) is 1.95. The quantitative estimate of drug-likeness (QED) is 0.306. The summed E-state index contributed by atoms with van der Waals surface area (Å²) in [4.78, 5) is 24.1. The first-order valence-electron chi connectivity index (χ1n) is 12.1. The van der Waals surface area contributed by atoms with Crippen LogP contribution >= 0.6 is 0 Å². The van der Waals surface area contributed by atoms with E-state index in [2.05, 4.69) is 0 Å². The normalized spacial score (nSPS) is 12.8. The van der Waals surface area contributed by atoms with E-state index < -0.39 is 24.1 Å². The number of esters is 2. The molecule has 0 bridgehead atoms. The van der Waals surface area contributed by atoms with E-state index in [9.17, 15) is 19.8 Å². The van der Waals surface area contributed by atoms with Crippen molar-refractivity contribution in [3.05, 3.63) is 96.1 Å². The van der Waals surface area contributed by atoms with Gasteiger partial charge in [0.25, 0.3) is 0 Å². The topological polar surface area (TPSA) is 93.1 Å². The minimum atomic E-state index is -0.851. The molecule has 186 valence electrons. The summed E-state index contributed by atoms with van der Waals surface area (Å²) in [5, 5.41) is 24.9. The predicted octanol–water partition coefficient (Wildman–Crippen LogP) is 4.37. The average molecular weight is 487 g/mol. The summed E-state index contributed by atoms with van der Waals surface area (Å²) in [7, 11) is 0. The fourth-order valence-corrected chi connectivity index (χ4v) is 4.29. The van der Waals surface area contributed by atoms with Crippen LogP contribution < -0.4 is 0 Å². The van der Waals surface area contributed by atoms with Gasteiger partial charge in [-0.1, -0.05) is 84.9 Å². The van der Waals surface area contributed by atoms with E-state index in [-0.39, 0.29) is 26.1 Å². The van der Waals surface area contributed by atoms with Crippen LogP contribution in [-0.2, 0) is 31.9 Å². The maximum absolute atomic E-state index is 12.0. The smallest absolute Gasteiger partial charge is 0.306 e. The standard InChI is InChI=1S/C30H30O6/c31-25(17-23-11-5-9-21-7-1-3-13-27(21)23)19-35-29(33)15-16-30(34)36-20-26(32)18-24-12-6-10-22-8-2-4-14-28(22)24/h1-14,25-26,31-32H,15-20H2/t25-,26-/m0/s1. The Hall–Kier alpha value is -3.74. The average Bonchev–Trinajstić information content (AvgIpc) is 2.90. The first-order chi connectivity index (χ1) is 17.5. The number of hydrogen-bond donors (Lipinski definition) is 2. The maximum atomic E-state index is 12.0. The lowest BCUT2D eigenvalue weighted by Crippen LogP contribution is -2.23. The lowest BCUT2D eigenvalue weighted by molar-refractivity contribution is -0.153. The summed E-state index contributed by atoms with van der Waals surface area (Å²) in [6, 6.07) is 27.6. The second-order valence-electron chi connectivity index (χ2n) is 8.86. The molecule has 0 amide bonds. The highest BCUT2D eigenvalue weighted by molar-refractivity contribution is 5.86. The number of carbonyl (C=O) groups is 2. The van der Waals surface area contributed by atoms with Gasteiger partial charge in [0.15, 0.2) is 0 Å². The zero-order valence-corrected chi connectivity index (χ0v) is 20.0. The van der Waals surface area contributed by atoms with Crippen molar-refractivity contribution in [3.63, 3.8) is 0 Å². The van der Waals surface area contributed by atoms with Crippen LogP contribution in [0.1, 0.15) is 24.0 Å². The van der Waals surface area contributed by atoms with Crippen molar-refractivity contribution in [1.82, 2.24) is 0 Å². The van der Waals surface area contributed by atoms with Crippen molar-refractivity contribution in [3.8, 4) is 0 Å². The van der Waals surface area contributed by atoms with E-state index in [1.54, 1.807) is 0 Å². The van der Waals surface area contributed by atoms with Crippen LogP contribution in [0.2, 0.25) is 0 Å². The lowest BCUT2D eigenvalue weighted by atomic mass is 10.00. The van der Waals surface area contributed by atoms with Gasteiger partial charge in [0.05, 0.1) is 25.0 Å². The van der Waals surface area contributed by atoms with E-state index in [1.165, 1.54) is 0 Å². The molecule has 0 aliphatic carbocycles. The van der Waals surface area contributed by atoms with E-state index >= 15 is 0 Å². The van der Waals surface area contributed by atoms with Crippen molar-refractivity contribution in [2.45, 2.75) is 37.9 Å². The summed E-state index contributed by atoms with van der Waals surface area (Å²) in [6.45, 7) is -0.304. The Morgan fingerprint density at radius 1 is 0.583 bits per heavy atom. The number of fused-ring (bicyclic) bond motifs is 2. The molecule has 0 saturated heterocycles. The van der Waals surface area contributed by atoms with Crippen molar-refractivity contribution in [2.24, 2.45) is 0 Å². The molecule has 0 aromatic heterocycles. The molecule has 0 aliphatic heterocycles. The van der Waals surface area contributed by atoms with Gasteiger partial charge < -0.3 is 19.7 Å². The Labute approximate surface area is 210 Å². The molecule has 6 heteroatoms. The van der Waals surface area contributed by atoms with Gasteiger partial charge in [-0.2, -0.15) is 0 Å². The lowest BCUT2D eigenvalue weighted by Gasteiger charge is -2.14. The highest BCUT2D eigenvalue weighted by atomic mass is 16.5. The molecule has 0 fully saturated rings. The third kappa shape index (κ3) is 6.90. The van der Waals surface area contributed by atoms with E-state index in [4.69, 9.17) is 9.47 Å². The minimum Gasteiger partial charge on any atom is -0.463 e. The number of benzene rings is 4. The highest BCUT2D eigenvalue weighted by Crippen LogP contribution is 2.21. The number of rotatable bonds is 11. The third-order valence-electron chi connectivity index (χ3n) is 6.08. The molecule has 36 heavy (non-hydrogen) atoms. The number of hydrogen-bond acceptors (Lipinski definition) is 6. The molecule has 4 aromatic rings. The van der Waals surface area contributed by atoms with E-state index in [1.807, 2.05) is 84.9 Å².